The molecule has 0 aliphatic carbocycles. The first-order chi connectivity index (χ1) is 12.1. The first-order valence-electron chi connectivity index (χ1n) is 7.86. The fourth-order valence-corrected chi connectivity index (χ4v) is 2.53. The molecule has 0 aliphatic heterocycles. The van der Waals surface area contributed by atoms with E-state index in [2.05, 4.69) is 5.32 Å². The predicted molar refractivity (Wildman–Crippen MR) is 93.8 cm³/mol. The normalized spacial score (nSPS) is 11.6. The molecule has 3 aromatic carbocycles. The van der Waals surface area contributed by atoms with Crippen molar-refractivity contribution in [2.24, 2.45) is 0 Å². The Morgan fingerprint density at radius 1 is 0.720 bits per heavy atom. The summed E-state index contributed by atoms with van der Waals surface area (Å²) < 4.78 is 13.2. The lowest BCUT2D eigenvalue weighted by molar-refractivity contribution is 0.0857. The fourth-order valence-electron chi connectivity index (χ4n) is 2.53. The van der Waals surface area contributed by atoms with E-state index in [1.54, 1.807) is 48.5 Å². The molecule has 0 saturated carbocycles. The summed E-state index contributed by atoms with van der Waals surface area (Å²) in [6, 6.07) is 22.0. The topological polar surface area (TPSA) is 46.2 Å². The van der Waals surface area contributed by atoms with Crippen molar-refractivity contribution < 1.29 is 14.0 Å². The number of carbonyl (C=O) groups is 2. The molecule has 0 saturated heterocycles. The van der Waals surface area contributed by atoms with Crippen molar-refractivity contribution in [3.05, 3.63) is 107 Å². The van der Waals surface area contributed by atoms with Gasteiger partial charge in [-0.25, -0.2) is 4.39 Å². The van der Waals surface area contributed by atoms with Crippen molar-refractivity contribution in [1.29, 1.82) is 0 Å². The highest BCUT2D eigenvalue weighted by Crippen LogP contribution is 2.20. The second-order valence-electron chi connectivity index (χ2n) is 5.55. The van der Waals surface area contributed by atoms with Crippen LogP contribution in [0.1, 0.15) is 32.3 Å². The fraction of sp³-hybridized carbons (Fsp3) is 0.0476. The van der Waals surface area contributed by atoms with Gasteiger partial charge in [-0.3, -0.25) is 9.59 Å². The quantitative estimate of drug-likeness (QED) is 0.712. The van der Waals surface area contributed by atoms with E-state index >= 15 is 0 Å². The van der Waals surface area contributed by atoms with E-state index in [1.807, 2.05) is 12.1 Å². The maximum absolute atomic E-state index is 13.2. The van der Waals surface area contributed by atoms with Gasteiger partial charge in [-0.1, -0.05) is 60.7 Å². The molecule has 0 unspecified atom stereocenters. The van der Waals surface area contributed by atoms with Gasteiger partial charge in [-0.05, 0) is 29.8 Å². The maximum Gasteiger partial charge on any atom is 0.252 e. The minimum absolute atomic E-state index is 0.253. The number of hydrogen-bond acceptors (Lipinski definition) is 2. The Bertz CT molecular complexity index is 861. The van der Waals surface area contributed by atoms with Crippen LogP contribution in [0.5, 0.6) is 0 Å². The number of Topliss-reactive ketones (excluding diaryl/α,β-unsaturated/α-hetero) is 1. The summed E-state index contributed by atoms with van der Waals surface area (Å²) in [4.78, 5) is 25.4. The Labute approximate surface area is 145 Å². The maximum atomic E-state index is 13.2. The summed E-state index contributed by atoms with van der Waals surface area (Å²) in [5.74, 6) is -1.01. The third-order valence-corrected chi connectivity index (χ3v) is 3.84. The monoisotopic (exact) mass is 333 g/mol. The summed E-state index contributed by atoms with van der Waals surface area (Å²) in [6.45, 7) is 0. The van der Waals surface area contributed by atoms with Crippen molar-refractivity contribution >= 4 is 11.7 Å². The van der Waals surface area contributed by atoms with E-state index in [-0.39, 0.29) is 11.7 Å². The van der Waals surface area contributed by atoms with Gasteiger partial charge < -0.3 is 5.32 Å². The number of rotatable bonds is 5. The van der Waals surface area contributed by atoms with Gasteiger partial charge in [0.1, 0.15) is 11.9 Å². The van der Waals surface area contributed by atoms with Crippen LogP contribution in [-0.4, -0.2) is 11.7 Å². The number of ketones is 1. The van der Waals surface area contributed by atoms with Crippen LogP contribution in [0.4, 0.5) is 4.39 Å². The molecular formula is C21H16FNO2. The van der Waals surface area contributed by atoms with Gasteiger partial charge >= 0.3 is 0 Å². The van der Waals surface area contributed by atoms with Gasteiger partial charge in [-0.15, -0.1) is 0 Å². The third kappa shape index (κ3) is 3.98. The van der Waals surface area contributed by atoms with Gasteiger partial charge in [0, 0.05) is 11.1 Å². The number of amides is 1. The molecule has 0 aromatic heterocycles. The highest BCUT2D eigenvalue weighted by Gasteiger charge is 2.24. The van der Waals surface area contributed by atoms with Crippen LogP contribution in [-0.2, 0) is 0 Å². The van der Waals surface area contributed by atoms with Crippen LogP contribution in [0.25, 0.3) is 0 Å². The van der Waals surface area contributed by atoms with Crippen molar-refractivity contribution in [1.82, 2.24) is 5.32 Å². The molecule has 3 aromatic rings. The van der Waals surface area contributed by atoms with E-state index in [9.17, 15) is 14.0 Å². The average Bonchev–Trinajstić information content (AvgIpc) is 2.67. The van der Waals surface area contributed by atoms with Crippen LogP contribution in [0.15, 0.2) is 84.9 Å². The molecule has 3 nitrogen and oxygen atoms in total. The van der Waals surface area contributed by atoms with Gasteiger partial charge in [0.25, 0.3) is 5.91 Å². The highest BCUT2D eigenvalue weighted by atomic mass is 19.1. The number of hydrogen-bond donors (Lipinski definition) is 1. The SMILES string of the molecule is O=C(N[C@@H](C(=O)c1ccccc1)c1ccc(F)cc1)c1ccccc1. The number of benzene rings is 3. The lowest BCUT2D eigenvalue weighted by Crippen LogP contribution is -2.34. The largest absolute Gasteiger partial charge is 0.338 e. The predicted octanol–water partition coefficient (Wildman–Crippen LogP) is 4.18. The summed E-state index contributed by atoms with van der Waals surface area (Å²) in [7, 11) is 0. The standard InChI is InChI=1S/C21H16FNO2/c22-18-13-11-15(12-14-18)19(20(24)16-7-3-1-4-8-16)23-21(25)17-9-5-2-6-10-17/h1-14,19H,(H,23,25)/t19-/m1/s1. The molecule has 1 amide bonds. The third-order valence-electron chi connectivity index (χ3n) is 3.84. The molecule has 1 atom stereocenters. The van der Waals surface area contributed by atoms with Crippen LogP contribution in [0, 0.1) is 5.82 Å². The van der Waals surface area contributed by atoms with Gasteiger partial charge in [0.05, 0.1) is 0 Å². The van der Waals surface area contributed by atoms with Gasteiger partial charge in [0.2, 0.25) is 0 Å². The Balaban J connectivity index is 1.93. The zero-order valence-electron chi connectivity index (χ0n) is 13.4. The molecule has 0 heterocycles. The first-order valence-corrected chi connectivity index (χ1v) is 7.86. The molecule has 124 valence electrons. The van der Waals surface area contributed by atoms with Gasteiger partial charge in [-0.2, -0.15) is 0 Å². The Kier molecular flexibility index (Phi) is 5.00. The lowest BCUT2D eigenvalue weighted by atomic mass is 9.97. The molecule has 0 fully saturated rings. The zero-order valence-corrected chi connectivity index (χ0v) is 13.4. The molecule has 3 rings (SSSR count). The first kappa shape index (κ1) is 16.6. The molecule has 0 spiro atoms. The van der Waals surface area contributed by atoms with Crippen LogP contribution in [0.2, 0.25) is 0 Å². The average molecular weight is 333 g/mol. The minimum Gasteiger partial charge on any atom is -0.338 e. The summed E-state index contributed by atoms with van der Waals surface area (Å²) in [6.07, 6.45) is 0. The summed E-state index contributed by atoms with van der Waals surface area (Å²) in [5.41, 5.74) is 1.46. The second-order valence-corrected chi connectivity index (χ2v) is 5.55. The summed E-state index contributed by atoms with van der Waals surface area (Å²) in [5, 5.41) is 2.76. The molecular weight excluding hydrogens is 317 g/mol. The smallest absolute Gasteiger partial charge is 0.252 e. The van der Waals surface area contributed by atoms with Crippen LogP contribution in [0.3, 0.4) is 0 Å². The van der Waals surface area contributed by atoms with E-state index in [1.165, 1.54) is 24.3 Å². The molecule has 0 aliphatic rings. The Morgan fingerprint density at radius 2 is 1.24 bits per heavy atom. The van der Waals surface area contributed by atoms with Crippen molar-refractivity contribution in [3.63, 3.8) is 0 Å². The van der Waals surface area contributed by atoms with Crippen molar-refractivity contribution in [2.75, 3.05) is 0 Å². The van der Waals surface area contributed by atoms with Crippen molar-refractivity contribution in [3.8, 4) is 0 Å². The van der Waals surface area contributed by atoms with Gasteiger partial charge in [0.15, 0.2) is 5.78 Å². The summed E-state index contributed by atoms with van der Waals surface area (Å²) >= 11 is 0. The van der Waals surface area contributed by atoms with Crippen molar-refractivity contribution in [2.45, 2.75) is 6.04 Å². The van der Waals surface area contributed by atoms with Crippen LogP contribution >= 0.6 is 0 Å². The van der Waals surface area contributed by atoms with E-state index in [0.717, 1.165) is 0 Å². The van der Waals surface area contributed by atoms with E-state index < -0.39 is 11.9 Å². The molecule has 0 radical (unpaired) electrons. The second kappa shape index (κ2) is 7.53. The Hall–Kier alpha value is -3.27. The highest BCUT2D eigenvalue weighted by molar-refractivity contribution is 6.04. The zero-order chi connectivity index (χ0) is 17.6. The molecule has 1 N–H and O–H groups in total. The van der Waals surface area contributed by atoms with E-state index in [0.29, 0.717) is 16.7 Å². The van der Waals surface area contributed by atoms with E-state index in [4.69, 9.17) is 0 Å². The number of carbonyl (C=O) groups excluding carboxylic acids is 2. The van der Waals surface area contributed by atoms with Crippen LogP contribution < -0.4 is 5.32 Å². The molecule has 25 heavy (non-hydrogen) atoms. The Morgan fingerprint density at radius 3 is 1.80 bits per heavy atom. The minimum atomic E-state index is -0.893. The number of halogens is 1. The molecule has 4 heteroatoms. The molecule has 0 bridgehead atoms. The number of nitrogens with one attached hydrogen (secondary N) is 1. The lowest BCUT2D eigenvalue weighted by Gasteiger charge is -2.18.